The van der Waals surface area contributed by atoms with Crippen molar-refractivity contribution in [1.82, 2.24) is 9.88 Å². The van der Waals surface area contributed by atoms with Crippen LogP contribution in [0.5, 0.6) is 0 Å². The second-order valence-corrected chi connectivity index (χ2v) is 6.26. The molecule has 0 bridgehead atoms. The van der Waals surface area contributed by atoms with Crippen LogP contribution in [0.3, 0.4) is 0 Å². The summed E-state index contributed by atoms with van der Waals surface area (Å²) in [6, 6.07) is 14.1. The number of benzene rings is 2. The molecule has 0 saturated carbocycles. The molecule has 1 unspecified atom stereocenters. The van der Waals surface area contributed by atoms with Crippen molar-refractivity contribution in [2.45, 2.75) is 6.04 Å². The number of piperazine rings is 1. The number of nitrogens with zero attached hydrogens (tertiary/aromatic N) is 2. The zero-order valence-corrected chi connectivity index (χ0v) is 13.7. The third kappa shape index (κ3) is 2.80. The number of para-hydroxylation sites is 1. The SMILES string of the molecule is NC(=O)N1CCN(c2ccccc2)CC1c1c[nH]c2cc(F)ccc12. The van der Waals surface area contributed by atoms with Crippen molar-refractivity contribution in [3.8, 4) is 0 Å². The van der Waals surface area contributed by atoms with Crippen molar-refractivity contribution in [3.05, 3.63) is 66.1 Å². The molecule has 2 aromatic carbocycles. The maximum absolute atomic E-state index is 13.5. The summed E-state index contributed by atoms with van der Waals surface area (Å²) >= 11 is 0. The minimum Gasteiger partial charge on any atom is -0.367 e. The van der Waals surface area contributed by atoms with Crippen LogP contribution in [0, 0.1) is 5.82 Å². The van der Waals surface area contributed by atoms with Crippen molar-refractivity contribution >= 4 is 22.6 Å². The summed E-state index contributed by atoms with van der Waals surface area (Å²) in [4.78, 5) is 19.0. The number of anilines is 1. The molecule has 2 amide bonds. The summed E-state index contributed by atoms with van der Waals surface area (Å²) in [7, 11) is 0. The summed E-state index contributed by atoms with van der Waals surface area (Å²) in [5, 5.41) is 0.910. The van der Waals surface area contributed by atoms with E-state index in [9.17, 15) is 9.18 Å². The fraction of sp³-hybridized carbons (Fsp3) is 0.211. The van der Waals surface area contributed by atoms with E-state index in [1.807, 2.05) is 24.4 Å². The van der Waals surface area contributed by atoms with E-state index in [0.717, 1.165) is 28.7 Å². The predicted octanol–water partition coefficient (Wildman–Crippen LogP) is 3.25. The Morgan fingerprint density at radius 3 is 2.72 bits per heavy atom. The number of nitrogens with one attached hydrogen (secondary N) is 1. The lowest BCUT2D eigenvalue weighted by Crippen LogP contribution is -2.52. The number of nitrogens with two attached hydrogens (primary N) is 1. The summed E-state index contributed by atoms with van der Waals surface area (Å²) in [5.74, 6) is -0.290. The third-order valence-corrected chi connectivity index (χ3v) is 4.82. The molecule has 0 radical (unpaired) electrons. The normalized spacial score (nSPS) is 17.9. The second kappa shape index (κ2) is 6.12. The lowest BCUT2D eigenvalue weighted by Gasteiger charge is -2.41. The smallest absolute Gasteiger partial charge is 0.315 e. The molecule has 128 valence electrons. The Bertz CT molecular complexity index is 908. The molecule has 1 fully saturated rings. The van der Waals surface area contributed by atoms with E-state index in [1.165, 1.54) is 12.1 Å². The molecule has 1 saturated heterocycles. The quantitative estimate of drug-likeness (QED) is 0.753. The fourth-order valence-corrected chi connectivity index (χ4v) is 3.58. The number of carbonyl (C=O) groups is 1. The van der Waals surface area contributed by atoms with Crippen molar-refractivity contribution < 1.29 is 9.18 Å². The molecule has 5 nitrogen and oxygen atoms in total. The Morgan fingerprint density at radius 2 is 1.96 bits per heavy atom. The maximum atomic E-state index is 13.5. The zero-order chi connectivity index (χ0) is 17.4. The minimum absolute atomic E-state index is 0.189. The molecule has 3 N–H and O–H groups in total. The largest absolute Gasteiger partial charge is 0.367 e. The van der Waals surface area contributed by atoms with Crippen LogP contribution < -0.4 is 10.6 Å². The van der Waals surface area contributed by atoms with Gasteiger partial charge in [0.2, 0.25) is 0 Å². The van der Waals surface area contributed by atoms with Gasteiger partial charge in [0.1, 0.15) is 5.82 Å². The molecular formula is C19H19FN4O. The van der Waals surface area contributed by atoms with Crippen LogP contribution in [-0.4, -0.2) is 35.5 Å². The van der Waals surface area contributed by atoms with Crippen LogP contribution in [0.4, 0.5) is 14.9 Å². The number of hydrogen-bond donors (Lipinski definition) is 2. The van der Waals surface area contributed by atoms with Crippen LogP contribution in [0.1, 0.15) is 11.6 Å². The molecule has 1 aliphatic heterocycles. The Labute approximate surface area is 144 Å². The number of aromatic amines is 1. The van der Waals surface area contributed by atoms with Gasteiger partial charge in [-0.1, -0.05) is 18.2 Å². The molecule has 0 spiro atoms. The monoisotopic (exact) mass is 338 g/mol. The average Bonchev–Trinajstić information content (AvgIpc) is 3.04. The number of urea groups is 1. The number of H-pyrrole nitrogens is 1. The lowest BCUT2D eigenvalue weighted by atomic mass is 10.0. The Balaban J connectivity index is 1.73. The van der Waals surface area contributed by atoms with E-state index < -0.39 is 6.03 Å². The number of rotatable bonds is 2. The number of fused-ring (bicyclic) bond motifs is 1. The minimum atomic E-state index is -0.436. The highest BCUT2D eigenvalue weighted by Crippen LogP contribution is 2.33. The van der Waals surface area contributed by atoms with Crippen molar-refractivity contribution in [1.29, 1.82) is 0 Å². The Hall–Kier alpha value is -3.02. The van der Waals surface area contributed by atoms with Gasteiger partial charge in [-0.2, -0.15) is 0 Å². The van der Waals surface area contributed by atoms with Gasteiger partial charge in [-0.25, -0.2) is 9.18 Å². The van der Waals surface area contributed by atoms with Crippen molar-refractivity contribution in [2.75, 3.05) is 24.5 Å². The van der Waals surface area contributed by atoms with Gasteiger partial charge in [0.05, 0.1) is 6.04 Å². The predicted molar refractivity (Wildman–Crippen MR) is 95.9 cm³/mol. The van der Waals surface area contributed by atoms with E-state index in [4.69, 9.17) is 5.73 Å². The Morgan fingerprint density at radius 1 is 1.16 bits per heavy atom. The second-order valence-electron chi connectivity index (χ2n) is 6.26. The van der Waals surface area contributed by atoms with Crippen LogP contribution in [0.25, 0.3) is 10.9 Å². The van der Waals surface area contributed by atoms with Crippen LogP contribution in [0.2, 0.25) is 0 Å². The molecule has 25 heavy (non-hydrogen) atoms. The molecule has 1 atom stereocenters. The highest BCUT2D eigenvalue weighted by atomic mass is 19.1. The van der Waals surface area contributed by atoms with Gasteiger partial charge < -0.3 is 20.5 Å². The van der Waals surface area contributed by atoms with Gasteiger partial charge in [0.25, 0.3) is 0 Å². The number of aromatic nitrogens is 1. The number of primary amides is 1. The first kappa shape index (κ1) is 15.5. The number of hydrogen-bond acceptors (Lipinski definition) is 2. The van der Waals surface area contributed by atoms with Gasteiger partial charge in [0, 0.05) is 48.0 Å². The highest BCUT2D eigenvalue weighted by Gasteiger charge is 2.32. The standard InChI is InChI=1S/C19H19FN4O/c20-13-6-7-15-16(11-22-17(15)10-13)18-12-23(8-9-24(18)19(21)25)14-4-2-1-3-5-14/h1-7,10-11,18,22H,8-9,12H2,(H2,21,25). The topological polar surface area (TPSA) is 65.4 Å². The fourth-order valence-electron chi connectivity index (χ4n) is 3.58. The summed E-state index contributed by atoms with van der Waals surface area (Å²) in [6.45, 7) is 1.90. The van der Waals surface area contributed by atoms with Gasteiger partial charge >= 0.3 is 6.03 Å². The summed E-state index contributed by atoms with van der Waals surface area (Å²) in [5.41, 5.74) is 8.40. The highest BCUT2D eigenvalue weighted by molar-refractivity contribution is 5.85. The lowest BCUT2D eigenvalue weighted by molar-refractivity contribution is 0.176. The summed E-state index contributed by atoms with van der Waals surface area (Å²) in [6.07, 6.45) is 1.85. The molecule has 6 heteroatoms. The van der Waals surface area contributed by atoms with Gasteiger partial charge in [-0.3, -0.25) is 0 Å². The van der Waals surface area contributed by atoms with Crippen molar-refractivity contribution in [2.24, 2.45) is 5.73 Å². The average molecular weight is 338 g/mol. The first-order valence-corrected chi connectivity index (χ1v) is 8.26. The number of amides is 2. The molecular weight excluding hydrogens is 319 g/mol. The first-order valence-electron chi connectivity index (χ1n) is 8.26. The van der Waals surface area contributed by atoms with Gasteiger partial charge in [-0.05, 0) is 30.3 Å². The number of carbonyl (C=O) groups excluding carboxylic acids is 1. The Kier molecular flexibility index (Phi) is 3.80. The number of halogens is 1. The molecule has 0 aliphatic carbocycles. The molecule has 4 rings (SSSR count). The van der Waals surface area contributed by atoms with E-state index in [-0.39, 0.29) is 11.9 Å². The van der Waals surface area contributed by atoms with E-state index in [2.05, 4.69) is 22.0 Å². The van der Waals surface area contributed by atoms with E-state index in [1.54, 1.807) is 11.0 Å². The van der Waals surface area contributed by atoms with E-state index in [0.29, 0.717) is 13.1 Å². The first-order chi connectivity index (χ1) is 12.1. The van der Waals surface area contributed by atoms with Gasteiger partial charge in [-0.15, -0.1) is 0 Å². The third-order valence-electron chi connectivity index (χ3n) is 4.82. The van der Waals surface area contributed by atoms with E-state index >= 15 is 0 Å². The van der Waals surface area contributed by atoms with Crippen LogP contribution >= 0.6 is 0 Å². The molecule has 2 heterocycles. The van der Waals surface area contributed by atoms with Crippen molar-refractivity contribution in [3.63, 3.8) is 0 Å². The van der Waals surface area contributed by atoms with Gasteiger partial charge in [0.15, 0.2) is 0 Å². The summed E-state index contributed by atoms with van der Waals surface area (Å²) < 4.78 is 13.5. The molecule has 1 aliphatic rings. The maximum Gasteiger partial charge on any atom is 0.315 e. The molecule has 3 aromatic rings. The molecule has 1 aromatic heterocycles. The van der Waals surface area contributed by atoms with Crippen LogP contribution in [0.15, 0.2) is 54.7 Å². The zero-order valence-electron chi connectivity index (χ0n) is 13.7. The van der Waals surface area contributed by atoms with Crippen LogP contribution in [-0.2, 0) is 0 Å².